The van der Waals surface area contributed by atoms with Crippen LogP contribution in [-0.4, -0.2) is 22.9 Å². The molecule has 4 aliphatic carbocycles. The Morgan fingerprint density at radius 3 is 2.42 bits per heavy atom. The molecular weight excluding hydrogens is 320 g/mol. The van der Waals surface area contributed by atoms with Crippen LogP contribution in [0.2, 0.25) is 0 Å². The molecule has 0 aromatic heterocycles. The molecule has 0 aromatic rings. The molecule has 150 valence electrons. The highest BCUT2D eigenvalue weighted by Gasteiger charge is 2.60. The van der Waals surface area contributed by atoms with E-state index in [4.69, 9.17) is 0 Å². The van der Waals surface area contributed by atoms with Crippen molar-refractivity contribution < 1.29 is 10.2 Å². The molecule has 26 heavy (non-hydrogen) atoms. The number of aliphatic hydroxyl groups excluding tert-OH is 2. The second-order valence-corrected chi connectivity index (χ2v) is 11.2. The summed E-state index contributed by atoms with van der Waals surface area (Å²) >= 11 is 0. The fraction of sp³-hybridized carbons (Fsp3) is 1.00. The predicted octanol–water partition coefficient (Wildman–Crippen LogP) is 5.41. The number of hydrogen-bond donors (Lipinski definition) is 2. The molecule has 7 unspecified atom stereocenters. The fourth-order valence-electron chi connectivity index (χ4n) is 8.83. The summed E-state index contributed by atoms with van der Waals surface area (Å²) in [6, 6.07) is 0. The summed E-state index contributed by atoms with van der Waals surface area (Å²) in [5.74, 6) is 5.22. The van der Waals surface area contributed by atoms with Crippen molar-refractivity contribution in [1.82, 2.24) is 0 Å². The Balaban J connectivity index is 1.52. The molecule has 4 fully saturated rings. The van der Waals surface area contributed by atoms with Crippen LogP contribution >= 0.6 is 0 Å². The SMILES string of the molecule is CC(CCCO)C1CCC2C3CCC4CC(O)CC[C@]4(C)C3CC[C@]12C. The van der Waals surface area contributed by atoms with Crippen LogP contribution in [0.15, 0.2) is 0 Å². The molecule has 4 aliphatic rings. The number of rotatable bonds is 4. The first-order chi connectivity index (χ1) is 12.4. The molecule has 2 heteroatoms. The Morgan fingerprint density at radius 2 is 1.65 bits per heavy atom. The molecule has 4 saturated carbocycles. The van der Waals surface area contributed by atoms with E-state index in [9.17, 15) is 10.2 Å². The summed E-state index contributed by atoms with van der Waals surface area (Å²) in [4.78, 5) is 0. The van der Waals surface area contributed by atoms with Gasteiger partial charge in [-0.25, -0.2) is 0 Å². The lowest BCUT2D eigenvalue weighted by Gasteiger charge is -2.61. The third kappa shape index (κ3) is 2.89. The molecule has 4 rings (SSSR count). The highest BCUT2D eigenvalue weighted by atomic mass is 16.3. The topological polar surface area (TPSA) is 40.5 Å². The lowest BCUT2D eigenvalue weighted by atomic mass is 9.44. The highest BCUT2D eigenvalue weighted by Crippen LogP contribution is 2.68. The maximum Gasteiger partial charge on any atom is 0.0543 e. The Labute approximate surface area is 161 Å². The van der Waals surface area contributed by atoms with E-state index in [0.717, 1.165) is 54.8 Å². The van der Waals surface area contributed by atoms with Crippen LogP contribution in [0, 0.1) is 46.3 Å². The van der Waals surface area contributed by atoms with Gasteiger partial charge in [-0.15, -0.1) is 0 Å². The molecule has 0 amide bonds. The first-order valence-corrected chi connectivity index (χ1v) is 11.7. The summed E-state index contributed by atoms with van der Waals surface area (Å²) in [7, 11) is 0. The third-order valence-corrected chi connectivity index (χ3v) is 10.2. The van der Waals surface area contributed by atoms with E-state index >= 15 is 0 Å². The largest absolute Gasteiger partial charge is 0.396 e. The van der Waals surface area contributed by atoms with Crippen molar-refractivity contribution in [2.45, 2.75) is 97.5 Å². The van der Waals surface area contributed by atoms with Gasteiger partial charge in [0, 0.05) is 6.61 Å². The summed E-state index contributed by atoms with van der Waals surface area (Å²) < 4.78 is 0. The molecular formula is C24H42O2. The minimum Gasteiger partial charge on any atom is -0.396 e. The lowest BCUT2D eigenvalue weighted by Crippen LogP contribution is -2.54. The highest BCUT2D eigenvalue weighted by molar-refractivity contribution is 5.09. The van der Waals surface area contributed by atoms with Crippen molar-refractivity contribution in [3.05, 3.63) is 0 Å². The Kier molecular flexibility index (Phi) is 5.23. The second-order valence-electron chi connectivity index (χ2n) is 11.2. The van der Waals surface area contributed by atoms with Crippen LogP contribution < -0.4 is 0 Å². The van der Waals surface area contributed by atoms with Crippen LogP contribution in [0.4, 0.5) is 0 Å². The quantitative estimate of drug-likeness (QED) is 0.701. The van der Waals surface area contributed by atoms with Gasteiger partial charge in [0.1, 0.15) is 0 Å². The van der Waals surface area contributed by atoms with Gasteiger partial charge in [0.2, 0.25) is 0 Å². The summed E-state index contributed by atoms with van der Waals surface area (Å²) in [5.41, 5.74) is 1.05. The van der Waals surface area contributed by atoms with Gasteiger partial charge in [0.25, 0.3) is 0 Å². The van der Waals surface area contributed by atoms with Crippen LogP contribution in [0.3, 0.4) is 0 Å². The van der Waals surface area contributed by atoms with Gasteiger partial charge in [0.05, 0.1) is 6.10 Å². The molecule has 0 aliphatic heterocycles. The van der Waals surface area contributed by atoms with Gasteiger partial charge in [-0.05, 0) is 117 Å². The summed E-state index contributed by atoms with van der Waals surface area (Å²) in [6.07, 6.45) is 14.1. The minimum absolute atomic E-state index is 0.0262. The zero-order chi connectivity index (χ0) is 18.5. The smallest absolute Gasteiger partial charge is 0.0543 e. The normalized spacial score (nSPS) is 52.0. The number of hydrogen-bond acceptors (Lipinski definition) is 2. The average Bonchev–Trinajstić information content (AvgIpc) is 2.97. The molecule has 2 N–H and O–H groups in total. The minimum atomic E-state index is -0.0262. The Bertz CT molecular complexity index is 504. The number of aliphatic hydroxyl groups is 2. The molecule has 0 saturated heterocycles. The maximum atomic E-state index is 10.2. The third-order valence-electron chi connectivity index (χ3n) is 10.2. The van der Waals surface area contributed by atoms with E-state index in [1.54, 1.807) is 0 Å². The first-order valence-electron chi connectivity index (χ1n) is 11.7. The van der Waals surface area contributed by atoms with Gasteiger partial charge in [-0.1, -0.05) is 20.8 Å². The zero-order valence-corrected chi connectivity index (χ0v) is 17.4. The first kappa shape index (κ1) is 19.2. The summed E-state index contributed by atoms with van der Waals surface area (Å²) in [5, 5.41) is 19.4. The van der Waals surface area contributed by atoms with E-state index in [2.05, 4.69) is 20.8 Å². The Morgan fingerprint density at radius 1 is 0.923 bits per heavy atom. The van der Waals surface area contributed by atoms with Gasteiger partial charge in [0.15, 0.2) is 0 Å². The van der Waals surface area contributed by atoms with E-state index in [-0.39, 0.29) is 6.10 Å². The van der Waals surface area contributed by atoms with E-state index in [1.165, 1.54) is 51.4 Å². The second kappa shape index (κ2) is 7.07. The average molecular weight is 363 g/mol. The molecule has 0 heterocycles. The van der Waals surface area contributed by atoms with E-state index in [0.29, 0.717) is 17.4 Å². The van der Waals surface area contributed by atoms with E-state index < -0.39 is 0 Å². The van der Waals surface area contributed by atoms with Gasteiger partial charge < -0.3 is 10.2 Å². The van der Waals surface area contributed by atoms with Crippen LogP contribution in [0.25, 0.3) is 0 Å². The molecule has 0 radical (unpaired) electrons. The Hall–Kier alpha value is -0.0800. The number of fused-ring (bicyclic) bond motifs is 5. The molecule has 0 aromatic carbocycles. The zero-order valence-electron chi connectivity index (χ0n) is 17.4. The van der Waals surface area contributed by atoms with Crippen molar-refractivity contribution in [2.75, 3.05) is 6.61 Å². The van der Waals surface area contributed by atoms with Crippen molar-refractivity contribution in [3.63, 3.8) is 0 Å². The predicted molar refractivity (Wildman–Crippen MR) is 107 cm³/mol. The molecule has 0 bridgehead atoms. The summed E-state index contributed by atoms with van der Waals surface area (Å²) in [6.45, 7) is 8.05. The van der Waals surface area contributed by atoms with Crippen LogP contribution in [0.1, 0.15) is 91.4 Å². The van der Waals surface area contributed by atoms with Crippen LogP contribution in [0.5, 0.6) is 0 Å². The fourth-order valence-corrected chi connectivity index (χ4v) is 8.83. The monoisotopic (exact) mass is 362 g/mol. The van der Waals surface area contributed by atoms with Crippen molar-refractivity contribution in [3.8, 4) is 0 Å². The lowest BCUT2D eigenvalue weighted by molar-refractivity contribution is -0.129. The van der Waals surface area contributed by atoms with Crippen molar-refractivity contribution in [1.29, 1.82) is 0 Å². The van der Waals surface area contributed by atoms with Gasteiger partial charge in [-0.2, -0.15) is 0 Å². The van der Waals surface area contributed by atoms with Gasteiger partial charge in [-0.3, -0.25) is 0 Å². The van der Waals surface area contributed by atoms with Crippen molar-refractivity contribution in [2.24, 2.45) is 46.3 Å². The molecule has 2 nitrogen and oxygen atoms in total. The molecule has 0 spiro atoms. The van der Waals surface area contributed by atoms with Gasteiger partial charge >= 0.3 is 0 Å². The van der Waals surface area contributed by atoms with E-state index in [1.807, 2.05) is 0 Å². The van der Waals surface area contributed by atoms with Crippen molar-refractivity contribution >= 4 is 0 Å². The maximum absolute atomic E-state index is 10.2. The standard InChI is InChI=1S/C24H42O2/c1-16(5-4-14-25)20-8-9-21-19-7-6-17-15-18(26)10-12-23(17,2)22(19)11-13-24(20,21)3/h16-22,25-26H,4-15H2,1-3H3/t16?,17?,18?,19?,20?,21?,22?,23-,24+/m0/s1. The molecule has 9 atom stereocenters. The van der Waals surface area contributed by atoms with Crippen LogP contribution in [-0.2, 0) is 0 Å².